The molecule has 0 fully saturated rings. The summed E-state index contributed by atoms with van der Waals surface area (Å²) in [5.41, 5.74) is 1.13. The Kier molecular flexibility index (Phi) is 5.42. The largest absolute Gasteiger partial charge is 0.536 e. The quantitative estimate of drug-likeness (QED) is 0.749. The molecule has 0 saturated heterocycles. The molecule has 0 heterocycles. The predicted molar refractivity (Wildman–Crippen MR) is 64.2 cm³/mol. The second-order valence-corrected chi connectivity index (χ2v) is 5.20. The smallest absolute Gasteiger partial charge is 0.483 e. The van der Waals surface area contributed by atoms with E-state index in [9.17, 15) is 9.59 Å². The molecule has 91 valence electrons. The van der Waals surface area contributed by atoms with Crippen molar-refractivity contribution in [2.75, 3.05) is 0 Å². The van der Waals surface area contributed by atoms with Crippen LogP contribution >= 0.6 is 0 Å². The summed E-state index contributed by atoms with van der Waals surface area (Å²) in [5.74, 6) is -0.818. The molecule has 1 aromatic rings. The molecular formula is C12H15O4Si. The van der Waals surface area contributed by atoms with Crippen molar-refractivity contribution >= 4 is 21.2 Å². The van der Waals surface area contributed by atoms with Crippen LogP contribution in [-0.2, 0) is 24.9 Å². The van der Waals surface area contributed by atoms with E-state index in [1.807, 2.05) is 30.3 Å². The maximum Gasteiger partial charge on any atom is 0.536 e. The van der Waals surface area contributed by atoms with Crippen LogP contribution < -0.4 is 0 Å². The van der Waals surface area contributed by atoms with Gasteiger partial charge in [-0.1, -0.05) is 30.3 Å². The Morgan fingerprint density at radius 3 is 2.06 bits per heavy atom. The molecule has 17 heavy (non-hydrogen) atoms. The lowest BCUT2D eigenvalue weighted by Crippen LogP contribution is -2.27. The summed E-state index contributed by atoms with van der Waals surface area (Å²) in [5, 5.41) is 0. The van der Waals surface area contributed by atoms with Crippen LogP contribution in [0.5, 0.6) is 0 Å². The summed E-state index contributed by atoms with van der Waals surface area (Å²) in [6.07, 6.45) is 0.732. The van der Waals surface area contributed by atoms with Crippen LogP contribution in [0.4, 0.5) is 0 Å². The van der Waals surface area contributed by atoms with Crippen LogP contribution in [0.25, 0.3) is 0 Å². The Labute approximate surface area is 102 Å². The van der Waals surface area contributed by atoms with Gasteiger partial charge < -0.3 is 8.85 Å². The van der Waals surface area contributed by atoms with Crippen molar-refractivity contribution in [3.05, 3.63) is 35.9 Å². The van der Waals surface area contributed by atoms with Crippen molar-refractivity contribution in [3.8, 4) is 0 Å². The van der Waals surface area contributed by atoms with Gasteiger partial charge in [0.2, 0.25) is 0 Å². The molecule has 0 amide bonds. The zero-order valence-electron chi connectivity index (χ0n) is 9.93. The van der Waals surface area contributed by atoms with Crippen LogP contribution in [0.1, 0.15) is 19.4 Å². The van der Waals surface area contributed by atoms with Gasteiger partial charge in [-0.15, -0.1) is 0 Å². The Bertz CT molecular complexity index is 361. The summed E-state index contributed by atoms with van der Waals surface area (Å²) >= 11 is 0. The molecule has 0 spiro atoms. The normalized spacial score (nSPS) is 10.1. The van der Waals surface area contributed by atoms with E-state index in [1.54, 1.807) is 0 Å². The van der Waals surface area contributed by atoms with Gasteiger partial charge in [0.15, 0.2) is 0 Å². The van der Waals surface area contributed by atoms with Gasteiger partial charge in [-0.3, -0.25) is 9.59 Å². The number of carbonyl (C=O) groups is 2. The third-order valence-electron chi connectivity index (χ3n) is 1.98. The fourth-order valence-electron chi connectivity index (χ4n) is 1.33. The van der Waals surface area contributed by atoms with Crippen molar-refractivity contribution in [2.24, 2.45) is 0 Å². The molecule has 1 aromatic carbocycles. The Balaban J connectivity index is 2.48. The van der Waals surface area contributed by atoms with Crippen LogP contribution in [-0.4, -0.2) is 21.2 Å². The summed E-state index contributed by atoms with van der Waals surface area (Å²) in [7, 11) is -1.84. The van der Waals surface area contributed by atoms with Crippen LogP contribution in [0.15, 0.2) is 30.3 Å². The first kappa shape index (κ1) is 13.4. The van der Waals surface area contributed by atoms with Crippen molar-refractivity contribution < 1.29 is 18.4 Å². The minimum atomic E-state index is -1.84. The maximum atomic E-state index is 10.9. The number of rotatable bonds is 5. The van der Waals surface area contributed by atoms with Crippen LogP contribution in [0, 0.1) is 0 Å². The standard InChI is InChI=1S/C12H15O4Si/c1-10(13)15-17(16-11(2)14)9-8-12-6-4-3-5-7-12/h3-7H,8-9H2,1-2H3. The zero-order chi connectivity index (χ0) is 12.7. The summed E-state index contributed by atoms with van der Waals surface area (Å²) in [4.78, 5) is 21.7. The average molecular weight is 251 g/mol. The van der Waals surface area contributed by atoms with Gasteiger partial charge in [-0.05, 0) is 12.0 Å². The zero-order valence-corrected chi connectivity index (χ0v) is 10.9. The lowest BCUT2D eigenvalue weighted by Gasteiger charge is -2.12. The van der Waals surface area contributed by atoms with Gasteiger partial charge in [0.05, 0.1) is 0 Å². The Hall–Kier alpha value is -1.62. The molecule has 0 N–H and O–H groups in total. The third kappa shape index (κ3) is 5.87. The molecule has 0 atom stereocenters. The molecule has 0 bridgehead atoms. The number of carbonyl (C=O) groups excluding carboxylic acids is 2. The molecule has 0 aliphatic heterocycles. The van der Waals surface area contributed by atoms with E-state index in [0.29, 0.717) is 6.04 Å². The molecular weight excluding hydrogens is 236 g/mol. The van der Waals surface area contributed by atoms with E-state index in [4.69, 9.17) is 8.85 Å². The molecule has 1 rings (SSSR count). The highest BCUT2D eigenvalue weighted by molar-refractivity contribution is 6.48. The van der Waals surface area contributed by atoms with Crippen molar-refractivity contribution in [3.63, 3.8) is 0 Å². The van der Waals surface area contributed by atoms with E-state index < -0.39 is 21.2 Å². The first-order chi connectivity index (χ1) is 8.08. The fourth-order valence-corrected chi connectivity index (χ4v) is 2.71. The number of aryl methyl sites for hydroxylation is 1. The summed E-state index contributed by atoms with van der Waals surface area (Å²) in [6.45, 7) is 2.63. The number of hydrogen-bond acceptors (Lipinski definition) is 4. The third-order valence-corrected chi connectivity index (χ3v) is 3.66. The lowest BCUT2D eigenvalue weighted by molar-refractivity contribution is -0.137. The highest BCUT2D eigenvalue weighted by atomic mass is 28.3. The Morgan fingerprint density at radius 1 is 1.06 bits per heavy atom. The van der Waals surface area contributed by atoms with Crippen LogP contribution in [0.3, 0.4) is 0 Å². The minimum Gasteiger partial charge on any atom is -0.483 e. The van der Waals surface area contributed by atoms with Gasteiger partial charge in [-0.25, -0.2) is 0 Å². The highest BCUT2D eigenvalue weighted by Gasteiger charge is 2.23. The number of benzene rings is 1. The van der Waals surface area contributed by atoms with Gasteiger partial charge in [0, 0.05) is 19.9 Å². The second kappa shape index (κ2) is 6.85. The molecule has 0 aromatic heterocycles. The molecule has 0 unspecified atom stereocenters. The molecule has 0 aliphatic carbocycles. The van der Waals surface area contributed by atoms with E-state index >= 15 is 0 Å². The fraction of sp³-hybridized carbons (Fsp3) is 0.333. The van der Waals surface area contributed by atoms with E-state index in [0.717, 1.165) is 12.0 Å². The van der Waals surface area contributed by atoms with Crippen molar-refractivity contribution in [1.82, 2.24) is 0 Å². The topological polar surface area (TPSA) is 52.6 Å². The van der Waals surface area contributed by atoms with Gasteiger partial charge in [0.25, 0.3) is 11.9 Å². The van der Waals surface area contributed by atoms with Gasteiger partial charge in [-0.2, -0.15) is 0 Å². The van der Waals surface area contributed by atoms with E-state index in [-0.39, 0.29) is 0 Å². The number of hydrogen-bond donors (Lipinski definition) is 0. The summed E-state index contributed by atoms with van der Waals surface area (Å²) < 4.78 is 10.0. The first-order valence-corrected chi connectivity index (χ1v) is 6.87. The average Bonchev–Trinajstić information content (AvgIpc) is 2.26. The van der Waals surface area contributed by atoms with E-state index in [1.165, 1.54) is 13.8 Å². The molecule has 4 nitrogen and oxygen atoms in total. The predicted octanol–water partition coefficient (Wildman–Crippen LogP) is 1.84. The molecule has 0 aliphatic rings. The monoisotopic (exact) mass is 251 g/mol. The van der Waals surface area contributed by atoms with Crippen LogP contribution in [0.2, 0.25) is 6.04 Å². The minimum absolute atomic E-state index is 0.409. The van der Waals surface area contributed by atoms with Gasteiger partial charge >= 0.3 is 9.28 Å². The Morgan fingerprint density at radius 2 is 1.59 bits per heavy atom. The SMILES string of the molecule is CC(=O)O[Si](CCc1ccccc1)OC(C)=O. The molecule has 1 radical (unpaired) electrons. The molecule has 0 saturated carbocycles. The summed E-state index contributed by atoms with van der Waals surface area (Å²) in [6, 6.07) is 10.4. The van der Waals surface area contributed by atoms with Gasteiger partial charge in [0.1, 0.15) is 0 Å². The highest BCUT2D eigenvalue weighted by Crippen LogP contribution is 2.07. The second-order valence-electron chi connectivity index (χ2n) is 3.54. The van der Waals surface area contributed by atoms with Crippen molar-refractivity contribution in [1.29, 1.82) is 0 Å². The lowest BCUT2D eigenvalue weighted by atomic mass is 10.2. The van der Waals surface area contributed by atoms with Crippen molar-refractivity contribution in [2.45, 2.75) is 26.3 Å². The maximum absolute atomic E-state index is 10.9. The first-order valence-electron chi connectivity index (χ1n) is 5.34. The molecule has 5 heteroatoms. The van der Waals surface area contributed by atoms with E-state index in [2.05, 4.69) is 0 Å².